The maximum Gasteiger partial charge on any atom is 0.255 e. The summed E-state index contributed by atoms with van der Waals surface area (Å²) >= 11 is 0. The van der Waals surface area contributed by atoms with Crippen LogP contribution >= 0.6 is 0 Å². The third kappa shape index (κ3) is 2.99. The maximum absolute atomic E-state index is 12.4. The number of nitrogens with zero attached hydrogens (tertiary/aromatic N) is 2. The van der Waals surface area contributed by atoms with Crippen molar-refractivity contribution in [3.8, 4) is 11.3 Å². The second kappa shape index (κ2) is 6.20. The minimum atomic E-state index is -0.134. The number of benzene rings is 2. The average Bonchev–Trinajstić information content (AvgIpc) is 3.12. The lowest BCUT2D eigenvalue weighted by Crippen LogP contribution is -2.11. The Kier molecular flexibility index (Phi) is 3.74. The summed E-state index contributed by atoms with van der Waals surface area (Å²) in [6, 6.07) is 17.1. The lowest BCUT2D eigenvalue weighted by atomic mass is 10.1. The number of carbonyl (C=O) groups is 1. The van der Waals surface area contributed by atoms with Crippen molar-refractivity contribution in [2.75, 3.05) is 5.32 Å². The van der Waals surface area contributed by atoms with Gasteiger partial charge in [0.15, 0.2) is 0 Å². The van der Waals surface area contributed by atoms with E-state index in [1.807, 2.05) is 55.6 Å². The van der Waals surface area contributed by atoms with E-state index in [-0.39, 0.29) is 5.91 Å². The first-order chi connectivity index (χ1) is 12.2. The van der Waals surface area contributed by atoms with Crippen LogP contribution in [0.15, 0.2) is 67.1 Å². The fraction of sp³-hybridized carbons (Fsp3) is 0.0500. The summed E-state index contributed by atoms with van der Waals surface area (Å²) in [7, 11) is 0. The number of nitrogens with one attached hydrogen (secondary N) is 2. The first-order valence-corrected chi connectivity index (χ1v) is 7.97. The number of aromatic nitrogens is 3. The largest absolute Gasteiger partial charge is 0.346 e. The zero-order valence-corrected chi connectivity index (χ0v) is 13.7. The molecule has 0 radical (unpaired) electrons. The Morgan fingerprint density at radius 2 is 1.72 bits per heavy atom. The van der Waals surface area contributed by atoms with Crippen molar-refractivity contribution >= 4 is 22.6 Å². The highest BCUT2D eigenvalue weighted by atomic mass is 16.1. The molecule has 0 saturated heterocycles. The minimum Gasteiger partial charge on any atom is -0.346 e. The summed E-state index contributed by atoms with van der Waals surface area (Å²) in [4.78, 5) is 24.0. The molecule has 0 aliphatic heterocycles. The monoisotopic (exact) mass is 328 g/mol. The number of aryl methyl sites for hydroxylation is 1. The van der Waals surface area contributed by atoms with Gasteiger partial charge in [-0.2, -0.15) is 0 Å². The van der Waals surface area contributed by atoms with Gasteiger partial charge in [0.25, 0.3) is 5.91 Å². The fourth-order valence-corrected chi connectivity index (χ4v) is 2.72. The van der Waals surface area contributed by atoms with Gasteiger partial charge in [-0.15, -0.1) is 0 Å². The van der Waals surface area contributed by atoms with Crippen LogP contribution in [0.3, 0.4) is 0 Å². The van der Waals surface area contributed by atoms with Crippen molar-refractivity contribution in [1.82, 2.24) is 15.0 Å². The van der Waals surface area contributed by atoms with E-state index in [2.05, 4.69) is 20.3 Å². The third-order valence-corrected chi connectivity index (χ3v) is 4.08. The number of H-pyrrole nitrogens is 1. The lowest BCUT2D eigenvalue weighted by molar-refractivity contribution is 0.102. The van der Waals surface area contributed by atoms with Gasteiger partial charge in [-0.1, -0.05) is 29.8 Å². The molecule has 0 saturated carbocycles. The molecule has 0 fully saturated rings. The predicted molar refractivity (Wildman–Crippen MR) is 98.5 cm³/mol. The third-order valence-electron chi connectivity index (χ3n) is 4.08. The van der Waals surface area contributed by atoms with E-state index in [1.54, 1.807) is 12.1 Å². The molecular formula is C20H16N4O. The molecule has 0 atom stereocenters. The Morgan fingerprint density at radius 1 is 0.960 bits per heavy atom. The van der Waals surface area contributed by atoms with Crippen LogP contribution in [-0.4, -0.2) is 20.9 Å². The molecule has 1 amide bonds. The standard InChI is InChI=1S/C20H16N4O/c1-13-2-8-16(9-3-13)24-20(25)15-6-4-14(5-7-15)18-17-10-11-21-19(17)23-12-22-18/h2-12H,1H3,(H,24,25)(H,21,22,23). The predicted octanol–water partition coefficient (Wildman–Crippen LogP) is 4.19. The maximum atomic E-state index is 12.4. The number of amides is 1. The summed E-state index contributed by atoms with van der Waals surface area (Å²) < 4.78 is 0. The molecule has 2 N–H and O–H groups in total. The van der Waals surface area contributed by atoms with Crippen LogP contribution in [0.4, 0.5) is 5.69 Å². The van der Waals surface area contributed by atoms with E-state index in [1.165, 1.54) is 6.33 Å². The molecule has 5 heteroatoms. The fourth-order valence-electron chi connectivity index (χ4n) is 2.72. The van der Waals surface area contributed by atoms with Crippen molar-refractivity contribution in [3.63, 3.8) is 0 Å². The van der Waals surface area contributed by atoms with Crippen molar-refractivity contribution in [1.29, 1.82) is 0 Å². The summed E-state index contributed by atoms with van der Waals surface area (Å²) in [5, 5.41) is 3.86. The van der Waals surface area contributed by atoms with Crippen molar-refractivity contribution in [3.05, 3.63) is 78.2 Å². The Morgan fingerprint density at radius 3 is 2.48 bits per heavy atom. The molecule has 4 aromatic rings. The number of fused-ring (bicyclic) bond motifs is 1. The van der Waals surface area contributed by atoms with E-state index in [0.29, 0.717) is 5.56 Å². The highest BCUT2D eigenvalue weighted by molar-refractivity contribution is 6.04. The van der Waals surface area contributed by atoms with Gasteiger partial charge in [-0.05, 0) is 37.3 Å². The van der Waals surface area contributed by atoms with Gasteiger partial charge in [0.2, 0.25) is 0 Å². The van der Waals surface area contributed by atoms with Gasteiger partial charge in [-0.3, -0.25) is 4.79 Å². The highest BCUT2D eigenvalue weighted by Gasteiger charge is 2.10. The molecular weight excluding hydrogens is 312 g/mol. The molecule has 0 aliphatic carbocycles. The van der Waals surface area contributed by atoms with E-state index >= 15 is 0 Å². The number of anilines is 1. The van der Waals surface area contributed by atoms with Crippen LogP contribution in [0.5, 0.6) is 0 Å². The van der Waals surface area contributed by atoms with Gasteiger partial charge in [0.1, 0.15) is 12.0 Å². The van der Waals surface area contributed by atoms with Crippen molar-refractivity contribution in [2.45, 2.75) is 6.92 Å². The Labute approximate surface area is 144 Å². The average molecular weight is 328 g/mol. The van der Waals surface area contributed by atoms with Gasteiger partial charge in [0, 0.05) is 28.4 Å². The molecule has 4 rings (SSSR count). The van der Waals surface area contributed by atoms with Crippen LogP contribution in [0.1, 0.15) is 15.9 Å². The van der Waals surface area contributed by atoms with Crippen molar-refractivity contribution < 1.29 is 4.79 Å². The van der Waals surface area contributed by atoms with Gasteiger partial charge in [0.05, 0.1) is 5.69 Å². The van der Waals surface area contributed by atoms with E-state index in [9.17, 15) is 4.79 Å². The highest BCUT2D eigenvalue weighted by Crippen LogP contribution is 2.25. The van der Waals surface area contributed by atoms with Gasteiger partial charge >= 0.3 is 0 Å². The molecule has 122 valence electrons. The Bertz CT molecular complexity index is 1030. The molecule has 2 aromatic carbocycles. The molecule has 0 aliphatic rings. The van der Waals surface area contributed by atoms with Crippen LogP contribution in [0.2, 0.25) is 0 Å². The summed E-state index contributed by atoms with van der Waals surface area (Å²) in [5.74, 6) is -0.134. The topological polar surface area (TPSA) is 70.7 Å². The number of carbonyl (C=O) groups excluding carboxylic acids is 1. The quantitative estimate of drug-likeness (QED) is 0.592. The first-order valence-electron chi connectivity index (χ1n) is 7.97. The zero-order chi connectivity index (χ0) is 17.2. The molecule has 0 unspecified atom stereocenters. The van der Waals surface area contributed by atoms with Crippen molar-refractivity contribution in [2.24, 2.45) is 0 Å². The molecule has 2 aromatic heterocycles. The van der Waals surface area contributed by atoms with E-state index < -0.39 is 0 Å². The van der Waals surface area contributed by atoms with Crippen LogP contribution in [0, 0.1) is 6.92 Å². The Hall–Kier alpha value is -3.47. The van der Waals surface area contributed by atoms with Gasteiger partial charge in [-0.25, -0.2) is 9.97 Å². The van der Waals surface area contributed by atoms with Crippen LogP contribution < -0.4 is 5.32 Å². The number of hydrogen-bond donors (Lipinski definition) is 2. The van der Waals surface area contributed by atoms with Gasteiger partial charge < -0.3 is 10.3 Å². The van der Waals surface area contributed by atoms with Crippen LogP contribution in [-0.2, 0) is 0 Å². The smallest absolute Gasteiger partial charge is 0.255 e. The molecule has 0 spiro atoms. The lowest BCUT2D eigenvalue weighted by Gasteiger charge is -2.07. The van der Waals surface area contributed by atoms with E-state index in [4.69, 9.17) is 0 Å². The second-order valence-corrected chi connectivity index (χ2v) is 5.86. The summed E-state index contributed by atoms with van der Waals surface area (Å²) in [5.41, 5.74) is 5.12. The summed E-state index contributed by atoms with van der Waals surface area (Å²) in [6.07, 6.45) is 3.37. The Balaban J connectivity index is 1.58. The number of rotatable bonds is 3. The zero-order valence-electron chi connectivity index (χ0n) is 13.7. The van der Waals surface area contributed by atoms with E-state index in [0.717, 1.165) is 33.5 Å². The molecule has 2 heterocycles. The number of hydrogen-bond acceptors (Lipinski definition) is 3. The first kappa shape index (κ1) is 15.1. The normalized spacial score (nSPS) is 10.8. The minimum absolute atomic E-state index is 0.134. The second-order valence-electron chi connectivity index (χ2n) is 5.86. The SMILES string of the molecule is Cc1ccc(NC(=O)c2ccc(-c3ncnc4[nH]ccc34)cc2)cc1. The summed E-state index contributed by atoms with van der Waals surface area (Å²) in [6.45, 7) is 2.01. The van der Waals surface area contributed by atoms with Crippen LogP contribution in [0.25, 0.3) is 22.3 Å². The molecule has 25 heavy (non-hydrogen) atoms. The molecule has 0 bridgehead atoms. The number of aromatic amines is 1. The molecule has 5 nitrogen and oxygen atoms in total.